The van der Waals surface area contributed by atoms with Crippen LogP contribution in [-0.4, -0.2) is 23.7 Å². The Morgan fingerprint density at radius 2 is 2.00 bits per heavy atom. The van der Waals surface area contributed by atoms with Crippen molar-refractivity contribution in [1.82, 2.24) is 5.32 Å². The van der Waals surface area contributed by atoms with Crippen molar-refractivity contribution in [1.29, 1.82) is 0 Å². The first kappa shape index (κ1) is 15.8. The van der Waals surface area contributed by atoms with E-state index in [4.69, 9.17) is 4.42 Å². The van der Waals surface area contributed by atoms with Crippen LogP contribution in [0.1, 0.15) is 62.4 Å². The molecule has 1 amide bonds. The molecule has 0 radical (unpaired) electrons. The van der Waals surface area contributed by atoms with E-state index in [-0.39, 0.29) is 29.9 Å². The second kappa shape index (κ2) is 5.78. The molecule has 1 atom stereocenters. The lowest BCUT2D eigenvalue weighted by atomic mass is 9.87. The monoisotopic (exact) mass is 267 g/mol. The Morgan fingerprint density at radius 1 is 1.42 bits per heavy atom. The summed E-state index contributed by atoms with van der Waals surface area (Å²) in [6.07, 6.45) is 0. The average molecular weight is 267 g/mol. The van der Waals surface area contributed by atoms with Crippen LogP contribution in [0.5, 0.6) is 0 Å². The van der Waals surface area contributed by atoms with Gasteiger partial charge in [0.1, 0.15) is 11.5 Å². The number of carbonyl (C=O) groups excluding carboxylic acids is 1. The summed E-state index contributed by atoms with van der Waals surface area (Å²) in [7, 11) is 0. The van der Waals surface area contributed by atoms with Crippen LogP contribution in [0.2, 0.25) is 0 Å². The molecule has 0 unspecified atom stereocenters. The Kier molecular flexibility index (Phi) is 4.80. The number of aliphatic hydroxyl groups excluding tert-OH is 1. The molecule has 0 aliphatic rings. The van der Waals surface area contributed by atoms with Gasteiger partial charge in [-0.15, -0.1) is 0 Å². The van der Waals surface area contributed by atoms with Crippen LogP contribution in [0.25, 0.3) is 0 Å². The topological polar surface area (TPSA) is 62.5 Å². The number of hydrogen-bond acceptors (Lipinski definition) is 3. The number of aryl methyl sites for hydroxylation is 1. The minimum atomic E-state index is -0.281. The third-order valence-corrected chi connectivity index (χ3v) is 3.28. The quantitative estimate of drug-likeness (QED) is 0.881. The van der Waals surface area contributed by atoms with Gasteiger partial charge in [0.2, 0.25) is 0 Å². The molecule has 1 aromatic rings. The van der Waals surface area contributed by atoms with Crippen LogP contribution in [-0.2, 0) is 0 Å². The van der Waals surface area contributed by atoms with E-state index >= 15 is 0 Å². The fourth-order valence-electron chi connectivity index (χ4n) is 1.79. The summed E-state index contributed by atoms with van der Waals surface area (Å²) in [6, 6.07) is 1.50. The van der Waals surface area contributed by atoms with Gasteiger partial charge in [-0.3, -0.25) is 4.79 Å². The number of nitrogens with one attached hydrogen (secondary N) is 1. The summed E-state index contributed by atoms with van der Waals surface area (Å²) in [5.74, 6) is 1.48. The lowest BCUT2D eigenvalue weighted by molar-refractivity contribution is 0.0846. The van der Waals surface area contributed by atoms with Crippen LogP contribution < -0.4 is 5.32 Å². The molecule has 0 aromatic carbocycles. The minimum Gasteiger partial charge on any atom is -0.465 e. The van der Waals surface area contributed by atoms with E-state index in [2.05, 4.69) is 5.32 Å². The van der Waals surface area contributed by atoms with E-state index in [0.29, 0.717) is 11.3 Å². The molecule has 0 aliphatic heterocycles. The zero-order valence-corrected chi connectivity index (χ0v) is 12.7. The van der Waals surface area contributed by atoms with E-state index in [1.165, 1.54) is 0 Å². The van der Waals surface area contributed by atoms with Crippen molar-refractivity contribution >= 4 is 5.91 Å². The molecule has 108 valence electrons. The smallest absolute Gasteiger partial charge is 0.255 e. The standard InChI is InChI=1S/C15H25NO3/c1-9(2)12-7-11(10(3)19-12)14(18)16-13(8-17)15(4,5)6/h7,9,13,17H,8H2,1-6H3,(H,16,18)/t13-/m0/s1. The maximum Gasteiger partial charge on any atom is 0.255 e. The zero-order chi connectivity index (χ0) is 14.8. The summed E-state index contributed by atoms with van der Waals surface area (Å²) in [6.45, 7) is 11.7. The van der Waals surface area contributed by atoms with Crippen molar-refractivity contribution in [3.8, 4) is 0 Å². The number of rotatable bonds is 4. The normalized spacial score (nSPS) is 13.7. The van der Waals surface area contributed by atoms with Crippen LogP contribution in [0.15, 0.2) is 10.5 Å². The molecule has 19 heavy (non-hydrogen) atoms. The number of aliphatic hydroxyl groups is 1. The highest BCUT2D eigenvalue weighted by molar-refractivity contribution is 5.95. The van der Waals surface area contributed by atoms with Gasteiger partial charge in [0.15, 0.2) is 0 Å². The van der Waals surface area contributed by atoms with E-state index in [0.717, 1.165) is 5.76 Å². The Balaban J connectivity index is 2.89. The molecule has 2 N–H and O–H groups in total. The van der Waals surface area contributed by atoms with Crippen LogP contribution in [0.4, 0.5) is 0 Å². The van der Waals surface area contributed by atoms with Crippen LogP contribution in [0, 0.1) is 12.3 Å². The fourth-order valence-corrected chi connectivity index (χ4v) is 1.79. The van der Waals surface area contributed by atoms with E-state index in [9.17, 15) is 9.90 Å². The Morgan fingerprint density at radius 3 is 2.37 bits per heavy atom. The first-order valence-corrected chi connectivity index (χ1v) is 6.68. The van der Waals surface area contributed by atoms with Crippen molar-refractivity contribution in [2.75, 3.05) is 6.61 Å². The van der Waals surface area contributed by atoms with Gasteiger partial charge in [-0.05, 0) is 18.4 Å². The lowest BCUT2D eigenvalue weighted by Gasteiger charge is -2.29. The molecule has 1 rings (SSSR count). The highest BCUT2D eigenvalue weighted by atomic mass is 16.3. The van der Waals surface area contributed by atoms with Gasteiger partial charge in [-0.25, -0.2) is 0 Å². The van der Waals surface area contributed by atoms with Crippen molar-refractivity contribution in [2.24, 2.45) is 5.41 Å². The summed E-state index contributed by atoms with van der Waals surface area (Å²) in [5.41, 5.74) is 0.356. The number of furan rings is 1. The zero-order valence-electron chi connectivity index (χ0n) is 12.7. The van der Waals surface area contributed by atoms with Crippen LogP contribution in [0.3, 0.4) is 0 Å². The second-order valence-corrected chi connectivity index (χ2v) is 6.35. The molecule has 0 aliphatic carbocycles. The van der Waals surface area contributed by atoms with E-state index < -0.39 is 0 Å². The Bertz CT molecular complexity index is 441. The minimum absolute atomic E-state index is 0.0802. The molecular formula is C15H25NO3. The molecule has 0 bridgehead atoms. The summed E-state index contributed by atoms with van der Waals surface area (Å²) < 4.78 is 5.57. The van der Waals surface area contributed by atoms with Gasteiger partial charge >= 0.3 is 0 Å². The number of carbonyl (C=O) groups is 1. The largest absolute Gasteiger partial charge is 0.465 e. The van der Waals surface area contributed by atoms with Gasteiger partial charge in [0, 0.05) is 5.92 Å². The third-order valence-electron chi connectivity index (χ3n) is 3.28. The Hall–Kier alpha value is -1.29. The molecule has 0 saturated heterocycles. The summed E-state index contributed by atoms with van der Waals surface area (Å²) in [5, 5.41) is 12.2. The highest BCUT2D eigenvalue weighted by Crippen LogP contribution is 2.23. The third kappa shape index (κ3) is 3.83. The number of amides is 1. The molecular weight excluding hydrogens is 242 g/mol. The maximum absolute atomic E-state index is 12.2. The highest BCUT2D eigenvalue weighted by Gasteiger charge is 2.27. The van der Waals surface area contributed by atoms with Gasteiger partial charge in [0.25, 0.3) is 5.91 Å². The molecule has 1 heterocycles. The molecule has 0 saturated carbocycles. The van der Waals surface area contributed by atoms with Gasteiger partial charge in [-0.1, -0.05) is 34.6 Å². The van der Waals surface area contributed by atoms with Crippen molar-refractivity contribution < 1.29 is 14.3 Å². The molecule has 4 heteroatoms. The molecule has 0 spiro atoms. The van der Waals surface area contributed by atoms with Gasteiger partial charge < -0.3 is 14.8 Å². The first-order valence-electron chi connectivity index (χ1n) is 6.68. The molecule has 4 nitrogen and oxygen atoms in total. The summed E-state index contributed by atoms with van der Waals surface area (Å²) >= 11 is 0. The predicted molar refractivity (Wildman–Crippen MR) is 75.3 cm³/mol. The van der Waals surface area contributed by atoms with Crippen molar-refractivity contribution in [3.63, 3.8) is 0 Å². The first-order chi connectivity index (χ1) is 8.66. The van der Waals surface area contributed by atoms with Gasteiger partial charge in [0.05, 0.1) is 18.2 Å². The fraction of sp³-hybridized carbons (Fsp3) is 0.667. The maximum atomic E-state index is 12.2. The van der Waals surface area contributed by atoms with Crippen molar-refractivity contribution in [2.45, 2.75) is 53.5 Å². The van der Waals surface area contributed by atoms with Crippen LogP contribution >= 0.6 is 0 Å². The molecule has 0 fully saturated rings. The van der Waals surface area contributed by atoms with Crippen molar-refractivity contribution in [3.05, 3.63) is 23.2 Å². The average Bonchev–Trinajstić information content (AvgIpc) is 2.66. The second-order valence-electron chi connectivity index (χ2n) is 6.35. The molecule has 1 aromatic heterocycles. The predicted octanol–water partition coefficient (Wildman–Crippen LogP) is 2.85. The number of hydrogen-bond donors (Lipinski definition) is 2. The lowest BCUT2D eigenvalue weighted by Crippen LogP contribution is -2.46. The summed E-state index contributed by atoms with van der Waals surface area (Å²) in [4.78, 5) is 12.2. The van der Waals surface area contributed by atoms with E-state index in [1.54, 1.807) is 13.0 Å². The van der Waals surface area contributed by atoms with E-state index in [1.807, 2.05) is 34.6 Å². The Labute approximate surface area is 115 Å². The SMILES string of the molecule is Cc1oc(C(C)C)cc1C(=O)N[C@@H](CO)C(C)(C)C. The van der Waals surface area contributed by atoms with Gasteiger partial charge in [-0.2, -0.15) is 0 Å².